The number of carboxylic acid groups (broad SMARTS) is 1. The third-order valence-electron chi connectivity index (χ3n) is 3.96. The Hall–Kier alpha value is -3.25. The first kappa shape index (κ1) is 18.1. The standard InChI is InChI=1S/C19H19N3O3/c1-5-15-17(21-3)16(18(19(23)24)22(15)4)13-7-9-14(10-8-13)25-12-6-11-20-2/h7-10H,5-6,11-12H2,1,4H3,(H,23,24). The van der Waals surface area contributed by atoms with E-state index < -0.39 is 5.97 Å². The number of carbonyl (C=O) groups is 1. The fourth-order valence-corrected chi connectivity index (χ4v) is 2.82. The van der Waals surface area contributed by atoms with Crippen LogP contribution in [-0.2, 0) is 13.5 Å². The molecule has 1 heterocycles. The molecule has 0 saturated heterocycles. The van der Waals surface area contributed by atoms with Crippen LogP contribution >= 0.6 is 0 Å². The Morgan fingerprint density at radius 3 is 2.48 bits per heavy atom. The first-order valence-electron chi connectivity index (χ1n) is 7.93. The van der Waals surface area contributed by atoms with Crippen molar-refractivity contribution < 1.29 is 14.6 Å². The van der Waals surface area contributed by atoms with Gasteiger partial charge in [0, 0.05) is 18.3 Å². The van der Waals surface area contributed by atoms with E-state index in [1.165, 1.54) is 0 Å². The second-order valence-corrected chi connectivity index (χ2v) is 5.46. The quantitative estimate of drug-likeness (QED) is 0.609. The largest absolute Gasteiger partial charge is 0.493 e. The molecular weight excluding hydrogens is 318 g/mol. The summed E-state index contributed by atoms with van der Waals surface area (Å²) in [5.41, 5.74) is 2.33. The molecule has 1 aromatic heterocycles. The van der Waals surface area contributed by atoms with Gasteiger partial charge >= 0.3 is 5.97 Å². The third-order valence-corrected chi connectivity index (χ3v) is 3.96. The van der Waals surface area contributed by atoms with Gasteiger partial charge in [-0.1, -0.05) is 19.1 Å². The molecule has 1 N–H and O–H groups in total. The van der Waals surface area contributed by atoms with Gasteiger partial charge in [-0.25, -0.2) is 16.2 Å². The Bertz CT molecular complexity index is 852. The molecule has 0 aliphatic heterocycles. The second kappa shape index (κ2) is 8.03. The molecule has 0 aliphatic rings. The van der Waals surface area contributed by atoms with Gasteiger partial charge in [0.25, 0.3) is 0 Å². The number of nitrogens with zero attached hydrogens (tertiary/aromatic N) is 3. The zero-order valence-electron chi connectivity index (χ0n) is 14.2. The topological polar surface area (TPSA) is 60.2 Å². The van der Waals surface area contributed by atoms with Gasteiger partial charge in [0.2, 0.25) is 12.2 Å². The van der Waals surface area contributed by atoms with Crippen LogP contribution in [0.4, 0.5) is 5.69 Å². The molecule has 6 heteroatoms. The van der Waals surface area contributed by atoms with Crippen LogP contribution in [0.1, 0.15) is 29.5 Å². The van der Waals surface area contributed by atoms with Crippen molar-refractivity contribution in [2.24, 2.45) is 7.05 Å². The highest BCUT2D eigenvalue weighted by Gasteiger charge is 2.25. The van der Waals surface area contributed by atoms with Crippen LogP contribution in [0.3, 0.4) is 0 Å². The Morgan fingerprint density at radius 1 is 1.28 bits per heavy atom. The van der Waals surface area contributed by atoms with E-state index in [1.54, 1.807) is 35.9 Å². The van der Waals surface area contributed by atoms with Gasteiger partial charge in [-0.2, -0.15) is 0 Å². The Labute approximate surface area is 146 Å². The van der Waals surface area contributed by atoms with E-state index in [0.29, 0.717) is 54.3 Å². The van der Waals surface area contributed by atoms with Crippen LogP contribution in [-0.4, -0.2) is 28.8 Å². The SMILES string of the molecule is [C-]#[N+]CCCOc1ccc(-c2c([N+]#[C-])c(CC)n(C)c2C(=O)O)cc1. The molecule has 2 aromatic rings. The van der Waals surface area contributed by atoms with E-state index >= 15 is 0 Å². The normalized spacial score (nSPS) is 10.1. The smallest absolute Gasteiger partial charge is 0.351 e. The number of benzene rings is 1. The van der Waals surface area contributed by atoms with Gasteiger partial charge < -0.3 is 19.3 Å². The summed E-state index contributed by atoms with van der Waals surface area (Å²) in [5, 5.41) is 9.59. The molecule has 0 amide bonds. The van der Waals surface area contributed by atoms with Crippen molar-refractivity contribution in [3.05, 3.63) is 58.5 Å². The number of rotatable bonds is 7. The summed E-state index contributed by atoms with van der Waals surface area (Å²) in [4.78, 5) is 18.6. The average Bonchev–Trinajstić information content (AvgIpc) is 2.91. The van der Waals surface area contributed by atoms with Crippen LogP contribution in [0.5, 0.6) is 5.75 Å². The summed E-state index contributed by atoms with van der Waals surface area (Å²) in [7, 11) is 1.68. The van der Waals surface area contributed by atoms with Crippen molar-refractivity contribution >= 4 is 11.7 Å². The minimum atomic E-state index is -1.05. The van der Waals surface area contributed by atoms with E-state index in [9.17, 15) is 9.90 Å². The molecular formula is C19H19N3O3. The van der Waals surface area contributed by atoms with E-state index in [4.69, 9.17) is 17.9 Å². The van der Waals surface area contributed by atoms with E-state index in [1.807, 2.05) is 6.92 Å². The Balaban J connectivity index is 2.40. The molecule has 25 heavy (non-hydrogen) atoms. The van der Waals surface area contributed by atoms with E-state index in [-0.39, 0.29) is 5.69 Å². The Kier molecular flexibility index (Phi) is 5.81. The number of aromatic carboxylic acids is 1. The fourth-order valence-electron chi connectivity index (χ4n) is 2.82. The molecule has 0 unspecified atom stereocenters. The van der Waals surface area contributed by atoms with Crippen LogP contribution in [0.2, 0.25) is 0 Å². The predicted octanol–water partition coefficient (Wildman–Crippen LogP) is 4.19. The molecule has 0 fully saturated rings. The molecule has 6 nitrogen and oxygen atoms in total. The molecule has 0 radical (unpaired) electrons. The van der Waals surface area contributed by atoms with Gasteiger partial charge in [0.15, 0.2) is 0 Å². The average molecular weight is 337 g/mol. The molecule has 0 aliphatic carbocycles. The lowest BCUT2D eigenvalue weighted by Gasteiger charge is -2.07. The maximum atomic E-state index is 11.7. The number of ether oxygens (including phenoxy) is 1. The summed E-state index contributed by atoms with van der Waals surface area (Å²) in [6.45, 7) is 17.0. The number of carboxylic acids is 1. The molecule has 0 spiro atoms. The zero-order chi connectivity index (χ0) is 18.4. The monoisotopic (exact) mass is 337 g/mol. The predicted molar refractivity (Wildman–Crippen MR) is 95.0 cm³/mol. The summed E-state index contributed by atoms with van der Waals surface area (Å²) in [6.07, 6.45) is 1.24. The highest BCUT2D eigenvalue weighted by atomic mass is 16.5. The lowest BCUT2D eigenvalue weighted by atomic mass is 10.0. The summed E-state index contributed by atoms with van der Waals surface area (Å²) >= 11 is 0. The van der Waals surface area contributed by atoms with Gasteiger partial charge in [0.05, 0.1) is 19.6 Å². The minimum absolute atomic E-state index is 0.119. The zero-order valence-corrected chi connectivity index (χ0v) is 14.2. The number of hydrogen-bond donors (Lipinski definition) is 1. The van der Waals surface area contributed by atoms with Crippen molar-refractivity contribution in [2.45, 2.75) is 19.8 Å². The van der Waals surface area contributed by atoms with Gasteiger partial charge in [-0.15, -0.1) is 0 Å². The van der Waals surface area contributed by atoms with Crippen LogP contribution < -0.4 is 4.74 Å². The Morgan fingerprint density at radius 2 is 1.96 bits per heavy atom. The molecule has 0 atom stereocenters. The van der Waals surface area contributed by atoms with Crippen molar-refractivity contribution in [3.63, 3.8) is 0 Å². The highest BCUT2D eigenvalue weighted by molar-refractivity contribution is 6.00. The highest BCUT2D eigenvalue weighted by Crippen LogP contribution is 2.39. The van der Waals surface area contributed by atoms with Gasteiger partial charge in [-0.3, -0.25) is 0 Å². The summed E-state index contributed by atoms with van der Waals surface area (Å²) < 4.78 is 7.14. The maximum absolute atomic E-state index is 11.7. The minimum Gasteiger partial charge on any atom is -0.493 e. The molecule has 2 rings (SSSR count). The van der Waals surface area contributed by atoms with Gasteiger partial charge in [0.1, 0.15) is 11.4 Å². The molecule has 1 aromatic carbocycles. The van der Waals surface area contributed by atoms with Crippen LogP contribution in [0.15, 0.2) is 24.3 Å². The third kappa shape index (κ3) is 3.64. The van der Waals surface area contributed by atoms with E-state index in [0.717, 1.165) is 0 Å². The van der Waals surface area contributed by atoms with E-state index in [2.05, 4.69) is 9.69 Å². The maximum Gasteiger partial charge on any atom is 0.351 e. The summed E-state index contributed by atoms with van der Waals surface area (Å²) in [6, 6.07) is 7.04. The van der Waals surface area contributed by atoms with Crippen LogP contribution in [0, 0.1) is 13.1 Å². The van der Waals surface area contributed by atoms with Crippen molar-refractivity contribution in [1.29, 1.82) is 0 Å². The van der Waals surface area contributed by atoms with Crippen molar-refractivity contribution in [3.8, 4) is 16.9 Å². The molecule has 0 saturated carbocycles. The van der Waals surface area contributed by atoms with Gasteiger partial charge in [-0.05, 0) is 24.1 Å². The fraction of sp³-hybridized carbons (Fsp3) is 0.316. The van der Waals surface area contributed by atoms with Crippen molar-refractivity contribution in [2.75, 3.05) is 13.2 Å². The number of hydrogen-bond acceptors (Lipinski definition) is 2. The van der Waals surface area contributed by atoms with Crippen LogP contribution in [0.25, 0.3) is 20.8 Å². The lowest BCUT2D eigenvalue weighted by Crippen LogP contribution is -2.07. The molecule has 128 valence electrons. The first-order valence-corrected chi connectivity index (χ1v) is 7.93. The number of aromatic nitrogens is 1. The summed E-state index contributed by atoms with van der Waals surface area (Å²) in [5.74, 6) is -0.400. The van der Waals surface area contributed by atoms with Crippen molar-refractivity contribution in [1.82, 2.24) is 4.57 Å². The second-order valence-electron chi connectivity index (χ2n) is 5.46. The molecule has 0 bridgehead atoms. The lowest BCUT2D eigenvalue weighted by molar-refractivity contribution is 0.0687. The first-order chi connectivity index (χ1) is 12.0.